The molecule has 2 heterocycles. The number of hydrogen-bond donors (Lipinski definition) is 0. The van der Waals surface area contributed by atoms with Crippen molar-refractivity contribution in [1.82, 2.24) is 4.90 Å². The maximum atomic E-state index is 5.46. The van der Waals surface area contributed by atoms with E-state index in [-0.39, 0.29) is 0 Å². The Balaban J connectivity index is 2.08. The lowest BCUT2D eigenvalue weighted by molar-refractivity contribution is 0.209. The van der Waals surface area contributed by atoms with Gasteiger partial charge in [0.2, 0.25) is 0 Å². The van der Waals surface area contributed by atoms with E-state index < -0.39 is 0 Å². The lowest BCUT2D eigenvalue weighted by Crippen LogP contribution is -2.24. The van der Waals surface area contributed by atoms with Crippen molar-refractivity contribution >= 4 is 0 Å². The van der Waals surface area contributed by atoms with Crippen molar-refractivity contribution in [3.05, 3.63) is 24.2 Å². The molecule has 1 fully saturated rings. The maximum Gasteiger partial charge on any atom is 0.120 e. The highest BCUT2D eigenvalue weighted by atomic mass is 16.3. The second-order valence-corrected chi connectivity index (χ2v) is 3.68. The highest BCUT2D eigenvalue weighted by Crippen LogP contribution is 2.27. The molecule has 1 saturated heterocycles. The Morgan fingerprint density at radius 3 is 2.77 bits per heavy atom. The van der Waals surface area contributed by atoms with Crippen LogP contribution in [-0.2, 0) is 0 Å². The van der Waals surface area contributed by atoms with Gasteiger partial charge in [-0.3, -0.25) is 4.90 Å². The highest BCUT2D eigenvalue weighted by Gasteiger charge is 2.23. The first-order chi connectivity index (χ1) is 6.42. The number of hydrogen-bond acceptors (Lipinski definition) is 2. The molecule has 1 aromatic rings. The van der Waals surface area contributed by atoms with E-state index in [1.807, 2.05) is 6.07 Å². The third-order valence-electron chi connectivity index (χ3n) is 2.84. The highest BCUT2D eigenvalue weighted by molar-refractivity contribution is 5.05. The number of nitrogens with zero attached hydrogens (tertiary/aromatic N) is 1. The maximum absolute atomic E-state index is 5.46. The van der Waals surface area contributed by atoms with Gasteiger partial charge in [0.05, 0.1) is 12.3 Å². The SMILES string of the molecule is CCC(c1ccco1)N1CCCC1. The summed E-state index contributed by atoms with van der Waals surface area (Å²) in [6.07, 6.45) is 5.61. The molecular formula is C11H17NO. The fourth-order valence-corrected chi connectivity index (χ4v) is 2.17. The molecule has 2 nitrogen and oxygen atoms in total. The third-order valence-corrected chi connectivity index (χ3v) is 2.84. The van der Waals surface area contributed by atoms with Gasteiger partial charge in [-0.1, -0.05) is 6.92 Å². The van der Waals surface area contributed by atoms with E-state index in [9.17, 15) is 0 Å². The third kappa shape index (κ3) is 1.78. The van der Waals surface area contributed by atoms with Crippen LogP contribution in [0.4, 0.5) is 0 Å². The van der Waals surface area contributed by atoms with E-state index in [2.05, 4.69) is 17.9 Å². The zero-order chi connectivity index (χ0) is 9.10. The van der Waals surface area contributed by atoms with Crippen LogP contribution in [0.3, 0.4) is 0 Å². The Labute approximate surface area is 79.5 Å². The molecule has 13 heavy (non-hydrogen) atoms. The van der Waals surface area contributed by atoms with Crippen molar-refractivity contribution in [2.45, 2.75) is 32.2 Å². The first-order valence-corrected chi connectivity index (χ1v) is 5.19. The number of likely N-dealkylation sites (tertiary alicyclic amines) is 1. The second-order valence-electron chi connectivity index (χ2n) is 3.68. The van der Waals surface area contributed by atoms with Crippen LogP contribution in [0, 0.1) is 0 Å². The van der Waals surface area contributed by atoms with Crippen molar-refractivity contribution in [3.8, 4) is 0 Å². The van der Waals surface area contributed by atoms with Crippen LogP contribution in [0.5, 0.6) is 0 Å². The molecule has 1 aromatic heterocycles. The Morgan fingerprint density at radius 1 is 1.46 bits per heavy atom. The summed E-state index contributed by atoms with van der Waals surface area (Å²) in [6, 6.07) is 4.58. The largest absolute Gasteiger partial charge is 0.468 e. The van der Waals surface area contributed by atoms with Gasteiger partial charge in [0.1, 0.15) is 5.76 Å². The Hall–Kier alpha value is -0.760. The molecule has 0 spiro atoms. The molecule has 2 heteroatoms. The summed E-state index contributed by atoms with van der Waals surface area (Å²) in [5.74, 6) is 1.13. The molecule has 72 valence electrons. The van der Waals surface area contributed by atoms with E-state index in [0.717, 1.165) is 12.2 Å². The predicted molar refractivity (Wildman–Crippen MR) is 52.5 cm³/mol. The molecule has 0 aromatic carbocycles. The molecule has 0 aliphatic carbocycles. The van der Waals surface area contributed by atoms with Crippen molar-refractivity contribution < 1.29 is 4.42 Å². The van der Waals surface area contributed by atoms with E-state index in [1.54, 1.807) is 6.26 Å². The van der Waals surface area contributed by atoms with Crippen LogP contribution in [-0.4, -0.2) is 18.0 Å². The molecule has 0 saturated carbocycles. The molecular weight excluding hydrogens is 162 g/mol. The zero-order valence-corrected chi connectivity index (χ0v) is 8.20. The summed E-state index contributed by atoms with van der Waals surface area (Å²) in [7, 11) is 0. The Morgan fingerprint density at radius 2 is 2.23 bits per heavy atom. The summed E-state index contributed by atoms with van der Waals surface area (Å²) < 4.78 is 5.46. The average molecular weight is 179 g/mol. The van der Waals surface area contributed by atoms with Crippen LogP contribution < -0.4 is 0 Å². The van der Waals surface area contributed by atoms with Gasteiger partial charge >= 0.3 is 0 Å². The standard InChI is InChI=1S/C11H17NO/c1-2-10(11-6-5-9-13-11)12-7-3-4-8-12/h5-6,9-10H,2-4,7-8H2,1H3. The number of furan rings is 1. The van der Waals surface area contributed by atoms with E-state index in [0.29, 0.717) is 6.04 Å². The monoisotopic (exact) mass is 179 g/mol. The fraction of sp³-hybridized carbons (Fsp3) is 0.636. The van der Waals surface area contributed by atoms with Crippen LogP contribution >= 0.6 is 0 Å². The fourth-order valence-electron chi connectivity index (χ4n) is 2.17. The van der Waals surface area contributed by atoms with Gasteiger partial charge < -0.3 is 4.42 Å². The topological polar surface area (TPSA) is 16.4 Å². The second kappa shape index (κ2) is 3.97. The van der Waals surface area contributed by atoms with Crippen LogP contribution in [0.15, 0.2) is 22.8 Å². The van der Waals surface area contributed by atoms with Crippen LogP contribution in [0.2, 0.25) is 0 Å². The smallest absolute Gasteiger partial charge is 0.120 e. The van der Waals surface area contributed by atoms with Gasteiger partial charge in [0, 0.05) is 0 Å². The Kier molecular flexibility index (Phi) is 2.69. The van der Waals surface area contributed by atoms with Crippen molar-refractivity contribution in [1.29, 1.82) is 0 Å². The van der Waals surface area contributed by atoms with Crippen LogP contribution in [0.25, 0.3) is 0 Å². The van der Waals surface area contributed by atoms with Gasteiger partial charge in [0.15, 0.2) is 0 Å². The van der Waals surface area contributed by atoms with Crippen molar-refractivity contribution in [2.24, 2.45) is 0 Å². The molecule has 0 radical (unpaired) electrons. The van der Waals surface area contributed by atoms with Gasteiger partial charge in [-0.05, 0) is 44.5 Å². The minimum absolute atomic E-state index is 0.512. The summed E-state index contributed by atoms with van der Waals surface area (Å²) in [4.78, 5) is 2.53. The molecule has 1 aliphatic rings. The molecule has 0 amide bonds. The predicted octanol–water partition coefficient (Wildman–Crippen LogP) is 2.83. The number of rotatable bonds is 3. The molecule has 0 bridgehead atoms. The minimum Gasteiger partial charge on any atom is -0.468 e. The van der Waals surface area contributed by atoms with E-state index >= 15 is 0 Å². The molecule has 0 N–H and O–H groups in total. The first-order valence-electron chi connectivity index (χ1n) is 5.19. The van der Waals surface area contributed by atoms with Gasteiger partial charge in [-0.2, -0.15) is 0 Å². The average Bonchev–Trinajstić information content (AvgIpc) is 2.76. The lowest BCUT2D eigenvalue weighted by Gasteiger charge is -2.24. The summed E-state index contributed by atoms with van der Waals surface area (Å²) >= 11 is 0. The first kappa shape index (κ1) is 8.82. The quantitative estimate of drug-likeness (QED) is 0.709. The molecule has 1 unspecified atom stereocenters. The van der Waals surface area contributed by atoms with Crippen molar-refractivity contribution in [2.75, 3.05) is 13.1 Å². The Bertz CT molecular complexity index is 237. The van der Waals surface area contributed by atoms with Crippen molar-refractivity contribution in [3.63, 3.8) is 0 Å². The van der Waals surface area contributed by atoms with E-state index in [1.165, 1.54) is 25.9 Å². The summed E-state index contributed by atoms with van der Waals surface area (Å²) in [5, 5.41) is 0. The minimum atomic E-state index is 0.512. The van der Waals surface area contributed by atoms with Gasteiger partial charge in [0.25, 0.3) is 0 Å². The van der Waals surface area contributed by atoms with E-state index in [4.69, 9.17) is 4.42 Å². The molecule has 1 atom stereocenters. The molecule has 1 aliphatic heterocycles. The summed E-state index contributed by atoms with van der Waals surface area (Å²) in [5.41, 5.74) is 0. The summed E-state index contributed by atoms with van der Waals surface area (Å²) in [6.45, 7) is 4.70. The molecule has 2 rings (SSSR count). The zero-order valence-electron chi connectivity index (χ0n) is 8.20. The van der Waals surface area contributed by atoms with Gasteiger partial charge in [-0.15, -0.1) is 0 Å². The lowest BCUT2D eigenvalue weighted by atomic mass is 10.1. The van der Waals surface area contributed by atoms with Crippen LogP contribution in [0.1, 0.15) is 38.0 Å². The van der Waals surface area contributed by atoms with Gasteiger partial charge in [-0.25, -0.2) is 0 Å². The normalized spacial score (nSPS) is 20.7.